The van der Waals surface area contributed by atoms with Gasteiger partial charge in [0.1, 0.15) is 17.6 Å². The number of unbranched alkanes of at least 4 members (excludes halogenated alkanes) is 1. The number of aromatic nitrogens is 2. The van der Waals surface area contributed by atoms with Gasteiger partial charge in [-0.1, -0.05) is 80.1 Å². The number of esters is 2. The second-order valence-corrected chi connectivity index (χ2v) is 17.4. The van der Waals surface area contributed by atoms with E-state index in [2.05, 4.69) is 10.3 Å². The minimum absolute atomic E-state index is 0.0484. The number of ether oxygens (including phenoxy) is 4. The zero-order valence-corrected chi connectivity index (χ0v) is 35.6. The zero-order chi connectivity index (χ0) is 44.1. The number of carbonyl (C=O) groups is 5. The molecule has 19 heteroatoms. The van der Waals surface area contributed by atoms with Crippen LogP contribution in [0.25, 0.3) is 11.4 Å². The second-order valence-electron chi connectivity index (χ2n) is 15.4. The van der Waals surface area contributed by atoms with Gasteiger partial charge < -0.3 is 39.0 Å². The van der Waals surface area contributed by atoms with Gasteiger partial charge in [-0.2, -0.15) is 0 Å². The van der Waals surface area contributed by atoms with Crippen LogP contribution in [0.5, 0.6) is 0 Å². The van der Waals surface area contributed by atoms with Gasteiger partial charge in [0.05, 0.1) is 30.0 Å². The van der Waals surface area contributed by atoms with Crippen molar-refractivity contribution in [2.24, 2.45) is 0 Å². The molecule has 5 heterocycles. The number of amides is 3. The lowest BCUT2D eigenvalue weighted by molar-refractivity contribution is -0.134. The summed E-state index contributed by atoms with van der Waals surface area (Å²) in [5, 5.41) is 2.76. The van der Waals surface area contributed by atoms with E-state index in [-0.39, 0.29) is 72.7 Å². The molecule has 0 spiro atoms. The zero-order valence-electron chi connectivity index (χ0n) is 34.8. The van der Waals surface area contributed by atoms with Crippen LogP contribution < -0.4 is 10.2 Å². The van der Waals surface area contributed by atoms with Gasteiger partial charge in [0, 0.05) is 69.1 Å². The van der Waals surface area contributed by atoms with Gasteiger partial charge in [0.25, 0.3) is 5.91 Å². The first-order valence-electron chi connectivity index (χ1n) is 20.8. The Hall–Kier alpha value is -6.20. The quantitative estimate of drug-likeness (QED) is 0.0676. The first-order valence-corrected chi connectivity index (χ1v) is 22.5. The molecule has 1 N–H and O–H groups in total. The number of nitrogens with zero attached hydrogens (tertiary/aromatic N) is 5. The third kappa shape index (κ3) is 9.74. The summed E-state index contributed by atoms with van der Waals surface area (Å²) in [7, 11) is -3.15. The fraction of sp³-hybridized carbons (Fsp3) is 0.386. The Morgan fingerprint density at radius 1 is 0.825 bits per heavy atom. The first-order chi connectivity index (χ1) is 30.5. The lowest BCUT2D eigenvalue weighted by Crippen LogP contribution is -2.57. The van der Waals surface area contributed by atoms with Gasteiger partial charge in [-0.3, -0.25) is 23.2 Å². The molecule has 0 radical (unpaired) electrons. The van der Waals surface area contributed by atoms with E-state index in [1.807, 2.05) is 30.0 Å². The molecule has 4 aliphatic heterocycles. The molecule has 4 aliphatic rings. The molecule has 3 aromatic carbocycles. The van der Waals surface area contributed by atoms with Crippen molar-refractivity contribution in [1.82, 2.24) is 25.1 Å². The first kappa shape index (κ1) is 43.4. The highest BCUT2D eigenvalue weighted by atomic mass is 31.2. The average Bonchev–Trinajstić information content (AvgIpc) is 4.01. The number of hydrogen-bond donors (Lipinski definition) is 1. The van der Waals surface area contributed by atoms with Crippen LogP contribution in [0.2, 0.25) is 0 Å². The number of carbonyl (C=O) groups excluding carboxylic acids is 5. The molecule has 330 valence electrons. The molecule has 3 amide bonds. The molecule has 0 bridgehead atoms. The number of fused-ring (bicyclic) bond motifs is 2. The Kier molecular flexibility index (Phi) is 13.1. The maximum atomic E-state index is 15.4. The van der Waals surface area contributed by atoms with E-state index >= 15 is 4.57 Å². The lowest BCUT2D eigenvalue weighted by atomic mass is 10.1. The molecule has 2 fully saturated rings. The summed E-state index contributed by atoms with van der Waals surface area (Å²) in [4.78, 5) is 82.2. The van der Waals surface area contributed by atoms with Gasteiger partial charge in [0.2, 0.25) is 18.5 Å². The Morgan fingerprint density at radius 2 is 1.43 bits per heavy atom. The Labute approximate surface area is 363 Å². The maximum absolute atomic E-state index is 15.4. The van der Waals surface area contributed by atoms with Crippen molar-refractivity contribution in [3.8, 4) is 11.4 Å². The standard InChI is InChI=1S/C44H47N6O12P/c1-3-4-24-58-44(55)49-22-20-48(21-23-49)39(52)35(46-38(51)34-25-36(50-19-18-29(26-50)57-2)47-37(45-34)28-12-6-5-7-13-28)27-63(56,61-42-32-16-10-8-14-30(32)40(53)59-42)62-43-33-17-11-9-15-31(33)41(54)60-43/h5-17,25,29,35,42-43H,3-4,18-24,26-27H2,1-2H3,(H,46,51). The Morgan fingerprint density at radius 3 is 2.03 bits per heavy atom. The van der Waals surface area contributed by atoms with E-state index in [4.69, 9.17) is 33.0 Å². The van der Waals surface area contributed by atoms with Crippen LogP contribution in [0.3, 0.4) is 0 Å². The van der Waals surface area contributed by atoms with Crippen LogP contribution >= 0.6 is 7.60 Å². The third-order valence-electron chi connectivity index (χ3n) is 11.2. The van der Waals surface area contributed by atoms with Crippen LogP contribution in [-0.4, -0.2) is 121 Å². The normalized spacial score (nSPS) is 20.6. The number of benzene rings is 3. The predicted molar refractivity (Wildman–Crippen MR) is 225 cm³/mol. The predicted octanol–water partition coefficient (Wildman–Crippen LogP) is 5.51. The minimum Gasteiger partial charge on any atom is -0.449 e. The molecule has 0 saturated carbocycles. The fourth-order valence-electron chi connectivity index (χ4n) is 7.71. The molecule has 8 rings (SSSR count). The number of cyclic esters (lactones) is 2. The monoisotopic (exact) mass is 882 g/mol. The number of rotatable bonds is 15. The third-order valence-corrected chi connectivity index (χ3v) is 13.0. The van der Waals surface area contributed by atoms with Crippen LogP contribution in [0.15, 0.2) is 84.9 Å². The lowest BCUT2D eigenvalue weighted by Gasteiger charge is -2.36. The molecular weight excluding hydrogens is 835 g/mol. The number of nitrogens with one attached hydrogen (secondary N) is 1. The van der Waals surface area contributed by atoms with E-state index in [0.29, 0.717) is 30.9 Å². The van der Waals surface area contributed by atoms with Gasteiger partial charge in [0.15, 0.2) is 5.82 Å². The van der Waals surface area contributed by atoms with Crippen molar-refractivity contribution >= 4 is 43.3 Å². The van der Waals surface area contributed by atoms with Crippen molar-refractivity contribution in [2.75, 3.05) is 64.0 Å². The summed E-state index contributed by atoms with van der Waals surface area (Å²) in [6.07, 6.45) is -2.17. The smallest absolute Gasteiger partial charge is 0.409 e. The summed E-state index contributed by atoms with van der Waals surface area (Å²) in [5.41, 5.74) is 1.39. The van der Waals surface area contributed by atoms with Gasteiger partial charge in [-0.05, 0) is 25.0 Å². The highest BCUT2D eigenvalue weighted by molar-refractivity contribution is 7.54. The van der Waals surface area contributed by atoms with Crippen LogP contribution in [-0.2, 0) is 37.4 Å². The SMILES string of the molecule is CCCCOC(=O)N1CCN(C(=O)C(CP(=O)(OC2OC(=O)c3ccccc32)OC2OC(=O)c3ccccc32)NC(=O)c2cc(N3CCC(OC)C3)nc(-c3ccccc3)n2)CC1. The molecule has 0 aliphatic carbocycles. The van der Waals surface area contributed by atoms with E-state index in [1.54, 1.807) is 55.6 Å². The summed E-state index contributed by atoms with van der Waals surface area (Å²) in [6, 6.07) is 21.7. The van der Waals surface area contributed by atoms with E-state index in [9.17, 15) is 24.0 Å². The Bertz CT molecular complexity index is 2340. The van der Waals surface area contributed by atoms with Gasteiger partial charge in [-0.15, -0.1) is 0 Å². The maximum Gasteiger partial charge on any atom is 0.409 e. The van der Waals surface area contributed by atoms with E-state index in [0.717, 1.165) is 12.8 Å². The number of piperazine rings is 1. The average molecular weight is 883 g/mol. The molecule has 4 atom stereocenters. The fourth-order valence-corrected chi connectivity index (χ4v) is 9.52. The Balaban J connectivity index is 1.13. The van der Waals surface area contributed by atoms with Crippen LogP contribution in [0.4, 0.5) is 10.6 Å². The minimum atomic E-state index is -4.79. The van der Waals surface area contributed by atoms with Crippen molar-refractivity contribution in [3.63, 3.8) is 0 Å². The van der Waals surface area contributed by atoms with Crippen molar-refractivity contribution in [2.45, 2.75) is 50.9 Å². The molecule has 2 saturated heterocycles. The molecule has 63 heavy (non-hydrogen) atoms. The second kappa shape index (κ2) is 19.0. The molecular formula is C44H47N6O12P. The van der Waals surface area contributed by atoms with Crippen LogP contribution in [0, 0.1) is 0 Å². The highest BCUT2D eigenvalue weighted by Crippen LogP contribution is 2.58. The number of methoxy groups -OCH3 is 1. The molecule has 4 unspecified atom stereocenters. The van der Waals surface area contributed by atoms with Crippen molar-refractivity contribution in [3.05, 3.63) is 113 Å². The van der Waals surface area contributed by atoms with Gasteiger partial charge in [-0.25, -0.2) is 24.4 Å². The number of hydrogen-bond acceptors (Lipinski definition) is 15. The summed E-state index contributed by atoms with van der Waals surface area (Å²) >= 11 is 0. The summed E-state index contributed by atoms with van der Waals surface area (Å²) < 4.78 is 49.6. The summed E-state index contributed by atoms with van der Waals surface area (Å²) in [5.74, 6) is -2.26. The van der Waals surface area contributed by atoms with Crippen molar-refractivity contribution in [1.29, 1.82) is 0 Å². The number of anilines is 1. The van der Waals surface area contributed by atoms with Crippen molar-refractivity contribution < 1.29 is 56.5 Å². The molecule has 18 nitrogen and oxygen atoms in total. The van der Waals surface area contributed by atoms with E-state index in [1.165, 1.54) is 28.0 Å². The topological polar surface area (TPSA) is 205 Å². The highest BCUT2D eigenvalue weighted by Gasteiger charge is 2.46. The molecule has 1 aromatic heterocycles. The van der Waals surface area contributed by atoms with Crippen LogP contribution in [0.1, 0.15) is 81.1 Å². The van der Waals surface area contributed by atoms with E-state index < -0.39 is 62.2 Å². The largest absolute Gasteiger partial charge is 0.449 e. The summed E-state index contributed by atoms with van der Waals surface area (Å²) in [6.45, 7) is 3.71. The van der Waals surface area contributed by atoms with Gasteiger partial charge >= 0.3 is 25.6 Å². The molecule has 4 aromatic rings.